The molecule has 0 amide bonds. The number of aromatic amines is 1. The molecule has 0 unspecified atom stereocenters. The Hall–Kier alpha value is -2.67. The van der Waals surface area contributed by atoms with Gasteiger partial charge in [-0.2, -0.15) is 0 Å². The van der Waals surface area contributed by atoms with E-state index in [1.54, 1.807) is 24.3 Å². The van der Waals surface area contributed by atoms with Gasteiger partial charge in [0, 0.05) is 21.9 Å². The van der Waals surface area contributed by atoms with Crippen LogP contribution in [-0.4, -0.2) is 16.1 Å². The molecule has 0 spiro atoms. The van der Waals surface area contributed by atoms with Gasteiger partial charge in [-0.1, -0.05) is 30.0 Å². The second-order valence-corrected chi connectivity index (χ2v) is 5.74. The third-order valence-corrected chi connectivity index (χ3v) is 4.34. The lowest BCUT2D eigenvalue weighted by Crippen LogP contribution is -2.15. The topological polar surface area (TPSA) is 70.2 Å². The summed E-state index contributed by atoms with van der Waals surface area (Å²) in [6.45, 7) is 0. The van der Waals surface area contributed by atoms with E-state index in [0.717, 1.165) is 12.1 Å². The molecule has 0 bridgehead atoms. The van der Waals surface area contributed by atoms with E-state index < -0.39 is 23.2 Å². The molecule has 4 nitrogen and oxygen atoms in total. The van der Waals surface area contributed by atoms with Gasteiger partial charge in [0.1, 0.15) is 11.6 Å². The predicted octanol–water partition coefficient (Wildman–Crippen LogP) is 3.66. The predicted molar refractivity (Wildman–Crippen MR) is 82.0 cm³/mol. The number of aromatic nitrogens is 1. The van der Waals surface area contributed by atoms with Crippen LogP contribution in [0.3, 0.4) is 0 Å². The van der Waals surface area contributed by atoms with Gasteiger partial charge in [-0.3, -0.25) is 4.79 Å². The van der Waals surface area contributed by atoms with Crippen molar-refractivity contribution in [1.29, 1.82) is 0 Å². The fraction of sp³-hybridized carbons (Fsp3) is 0. The van der Waals surface area contributed by atoms with Crippen molar-refractivity contribution in [2.45, 2.75) is 9.79 Å². The lowest BCUT2D eigenvalue weighted by atomic mass is 10.1. The summed E-state index contributed by atoms with van der Waals surface area (Å²) in [6.07, 6.45) is 0. The molecule has 0 saturated carbocycles. The second kappa shape index (κ2) is 5.85. The van der Waals surface area contributed by atoms with Crippen molar-refractivity contribution in [3.05, 3.63) is 70.0 Å². The van der Waals surface area contributed by atoms with E-state index in [9.17, 15) is 23.5 Å². The summed E-state index contributed by atoms with van der Waals surface area (Å²) in [5.74, 6) is -2.91. The molecule has 3 rings (SSSR count). The normalized spacial score (nSPS) is 10.9. The molecule has 2 N–H and O–H groups in total. The molecular weight excluding hydrogens is 324 g/mol. The van der Waals surface area contributed by atoms with Crippen LogP contribution in [0.25, 0.3) is 10.9 Å². The van der Waals surface area contributed by atoms with Crippen molar-refractivity contribution in [3.63, 3.8) is 0 Å². The quantitative estimate of drug-likeness (QED) is 0.767. The molecule has 0 saturated heterocycles. The van der Waals surface area contributed by atoms with Gasteiger partial charge in [-0.15, -0.1) is 0 Å². The van der Waals surface area contributed by atoms with Crippen LogP contribution in [0.15, 0.2) is 57.1 Å². The number of hydrogen-bond donors (Lipinski definition) is 2. The average molecular weight is 333 g/mol. The highest BCUT2D eigenvalue weighted by Crippen LogP contribution is 2.32. The number of fused-ring (bicyclic) bond motifs is 1. The fourth-order valence-electron chi connectivity index (χ4n) is 2.20. The van der Waals surface area contributed by atoms with Crippen LogP contribution in [0.2, 0.25) is 0 Å². The largest absolute Gasteiger partial charge is 0.478 e. The molecular formula is C16H9F2NO3S. The summed E-state index contributed by atoms with van der Waals surface area (Å²) in [6, 6.07) is 9.32. The molecule has 0 aliphatic heterocycles. The number of rotatable bonds is 3. The van der Waals surface area contributed by atoms with Crippen molar-refractivity contribution >= 4 is 28.6 Å². The van der Waals surface area contributed by atoms with E-state index in [1.165, 1.54) is 0 Å². The molecule has 3 aromatic rings. The smallest absolute Gasteiger partial charge is 0.337 e. The van der Waals surface area contributed by atoms with Crippen LogP contribution in [0.1, 0.15) is 10.4 Å². The van der Waals surface area contributed by atoms with Gasteiger partial charge in [0.25, 0.3) is 5.56 Å². The Morgan fingerprint density at radius 1 is 1.13 bits per heavy atom. The van der Waals surface area contributed by atoms with E-state index in [4.69, 9.17) is 0 Å². The standard InChI is InChI=1S/C16H9F2NO3S/c17-8-5-6-12(10(18)7-8)23-14-13(16(21)22)9-3-1-2-4-11(9)19-15(14)20/h1-7H,(H,19,20)(H,21,22). The monoisotopic (exact) mass is 333 g/mol. The van der Waals surface area contributed by atoms with E-state index in [-0.39, 0.29) is 15.4 Å². The van der Waals surface area contributed by atoms with E-state index in [2.05, 4.69) is 4.98 Å². The maximum absolute atomic E-state index is 13.8. The van der Waals surface area contributed by atoms with Gasteiger partial charge >= 0.3 is 5.97 Å². The summed E-state index contributed by atoms with van der Waals surface area (Å²) < 4.78 is 26.8. The Morgan fingerprint density at radius 3 is 2.57 bits per heavy atom. The number of benzene rings is 2. The van der Waals surface area contributed by atoms with Crippen LogP contribution in [0.5, 0.6) is 0 Å². The number of nitrogens with one attached hydrogen (secondary N) is 1. The maximum atomic E-state index is 13.8. The van der Waals surface area contributed by atoms with Crippen molar-refractivity contribution in [3.8, 4) is 0 Å². The van der Waals surface area contributed by atoms with E-state index in [1.807, 2.05) is 0 Å². The number of para-hydroxylation sites is 1. The molecule has 7 heteroatoms. The molecule has 116 valence electrons. The van der Waals surface area contributed by atoms with Gasteiger partial charge in [0.05, 0.1) is 10.5 Å². The first-order chi connectivity index (χ1) is 11.0. The Kier molecular flexibility index (Phi) is 3.87. The van der Waals surface area contributed by atoms with Crippen molar-refractivity contribution in [2.75, 3.05) is 0 Å². The Morgan fingerprint density at radius 2 is 1.87 bits per heavy atom. The van der Waals surface area contributed by atoms with Crippen molar-refractivity contribution in [1.82, 2.24) is 4.98 Å². The second-order valence-electron chi connectivity index (χ2n) is 4.69. The Labute approximate surface area is 132 Å². The number of H-pyrrole nitrogens is 1. The number of carboxylic acids is 1. The SMILES string of the molecule is O=C(O)c1c(Sc2ccc(F)cc2F)c(=O)[nH]c2ccccc12. The molecule has 0 radical (unpaired) electrons. The molecule has 0 aliphatic carbocycles. The van der Waals surface area contributed by atoms with Gasteiger partial charge in [-0.25, -0.2) is 13.6 Å². The van der Waals surface area contributed by atoms with Gasteiger partial charge in [0.2, 0.25) is 0 Å². The first-order valence-corrected chi connectivity index (χ1v) is 7.30. The third kappa shape index (κ3) is 2.83. The Bertz CT molecular complexity index is 985. The van der Waals surface area contributed by atoms with Gasteiger partial charge < -0.3 is 10.1 Å². The van der Waals surface area contributed by atoms with Gasteiger partial charge in [-0.05, 0) is 18.2 Å². The Balaban J connectivity index is 2.24. The molecule has 1 heterocycles. The molecule has 0 aliphatic rings. The number of aromatic carboxylic acids is 1. The zero-order valence-electron chi connectivity index (χ0n) is 11.5. The first kappa shape index (κ1) is 15.2. The number of carbonyl (C=O) groups is 1. The minimum absolute atomic E-state index is 0.0327. The van der Waals surface area contributed by atoms with Crippen LogP contribution in [-0.2, 0) is 0 Å². The summed E-state index contributed by atoms with van der Waals surface area (Å²) in [4.78, 5) is 26.2. The minimum Gasteiger partial charge on any atom is -0.478 e. The average Bonchev–Trinajstić information content (AvgIpc) is 2.50. The lowest BCUT2D eigenvalue weighted by Gasteiger charge is -2.09. The summed E-state index contributed by atoms with van der Waals surface area (Å²) in [7, 11) is 0. The highest BCUT2D eigenvalue weighted by atomic mass is 32.2. The highest BCUT2D eigenvalue weighted by Gasteiger charge is 2.20. The molecule has 23 heavy (non-hydrogen) atoms. The summed E-state index contributed by atoms with van der Waals surface area (Å²) in [5.41, 5.74) is -0.480. The van der Waals surface area contributed by atoms with Crippen molar-refractivity contribution in [2.24, 2.45) is 0 Å². The number of halogens is 2. The van der Waals surface area contributed by atoms with Crippen LogP contribution in [0.4, 0.5) is 8.78 Å². The molecule has 1 aromatic heterocycles. The highest BCUT2D eigenvalue weighted by molar-refractivity contribution is 7.99. The molecule has 0 atom stereocenters. The van der Waals surface area contributed by atoms with Crippen LogP contribution in [0, 0.1) is 11.6 Å². The molecule has 2 aromatic carbocycles. The maximum Gasteiger partial charge on any atom is 0.337 e. The zero-order chi connectivity index (χ0) is 16.6. The van der Waals surface area contributed by atoms with E-state index in [0.29, 0.717) is 28.7 Å². The van der Waals surface area contributed by atoms with Crippen LogP contribution >= 0.6 is 11.8 Å². The fourth-order valence-corrected chi connectivity index (χ4v) is 3.16. The number of pyridine rings is 1. The van der Waals surface area contributed by atoms with E-state index >= 15 is 0 Å². The number of carboxylic acid groups (broad SMARTS) is 1. The molecule has 0 fully saturated rings. The zero-order valence-corrected chi connectivity index (χ0v) is 12.3. The summed E-state index contributed by atoms with van der Waals surface area (Å²) in [5, 5.41) is 9.80. The first-order valence-electron chi connectivity index (χ1n) is 6.48. The lowest BCUT2D eigenvalue weighted by molar-refractivity contribution is 0.0695. The van der Waals surface area contributed by atoms with Gasteiger partial charge in [0.15, 0.2) is 0 Å². The van der Waals surface area contributed by atoms with Crippen molar-refractivity contribution < 1.29 is 18.7 Å². The number of hydrogen-bond acceptors (Lipinski definition) is 3. The van der Waals surface area contributed by atoms with Crippen LogP contribution < -0.4 is 5.56 Å². The minimum atomic E-state index is -1.29. The third-order valence-electron chi connectivity index (χ3n) is 3.20. The summed E-state index contributed by atoms with van der Waals surface area (Å²) >= 11 is 0.653.